The number of ether oxygens (including phenoxy) is 2. The van der Waals surface area contributed by atoms with Crippen LogP contribution in [-0.4, -0.2) is 19.6 Å². The molecule has 0 aromatic heterocycles. The molecule has 2 rings (SSSR count). The van der Waals surface area contributed by atoms with Gasteiger partial charge in [0.1, 0.15) is 6.61 Å². The van der Waals surface area contributed by atoms with Gasteiger partial charge in [0.05, 0.1) is 6.21 Å². The predicted octanol–water partition coefficient (Wildman–Crippen LogP) is 2.34. The van der Waals surface area contributed by atoms with Crippen molar-refractivity contribution in [2.24, 2.45) is 5.16 Å². The Kier molecular flexibility index (Phi) is 3.10. The molecule has 0 unspecified atom stereocenters. The lowest BCUT2D eigenvalue weighted by molar-refractivity contribution is 0.170. The molecule has 0 bridgehead atoms. The number of benzene rings is 1. The molecular weight excluding hydrogens is 206 g/mol. The summed E-state index contributed by atoms with van der Waals surface area (Å²) in [6.07, 6.45) is 1.63. The Labute approximate surface area is 94.1 Å². The maximum Gasteiger partial charge on any atom is 0.231 e. The van der Waals surface area contributed by atoms with Gasteiger partial charge in [-0.25, -0.2) is 0 Å². The number of rotatable bonds is 4. The first-order valence-corrected chi connectivity index (χ1v) is 4.95. The number of hydrogen-bond donors (Lipinski definition) is 0. The number of oxime groups is 1. The van der Waals surface area contributed by atoms with Gasteiger partial charge >= 0.3 is 0 Å². The average Bonchev–Trinajstić information content (AvgIpc) is 2.71. The summed E-state index contributed by atoms with van der Waals surface area (Å²) < 4.78 is 10.4. The van der Waals surface area contributed by atoms with Crippen molar-refractivity contribution >= 4 is 6.21 Å². The highest BCUT2D eigenvalue weighted by molar-refractivity contribution is 5.80. The molecule has 0 amide bonds. The molecule has 1 aliphatic rings. The van der Waals surface area contributed by atoms with Gasteiger partial charge in [-0.1, -0.05) is 11.7 Å². The van der Waals surface area contributed by atoms with Crippen LogP contribution in [0.5, 0.6) is 11.5 Å². The number of fused-ring (bicyclic) bond motifs is 1. The van der Waals surface area contributed by atoms with E-state index >= 15 is 0 Å². The van der Waals surface area contributed by atoms with E-state index in [1.165, 1.54) is 0 Å². The van der Waals surface area contributed by atoms with Crippen LogP contribution in [0.4, 0.5) is 0 Å². The fourth-order valence-corrected chi connectivity index (χ4v) is 1.24. The first-order chi connectivity index (χ1) is 7.75. The molecule has 16 heavy (non-hydrogen) atoms. The van der Waals surface area contributed by atoms with Crippen LogP contribution in [0.3, 0.4) is 0 Å². The molecular formula is C12H13NO3. The first kappa shape index (κ1) is 10.5. The van der Waals surface area contributed by atoms with Gasteiger partial charge in [0, 0.05) is 5.56 Å². The largest absolute Gasteiger partial charge is 0.454 e. The van der Waals surface area contributed by atoms with Crippen molar-refractivity contribution in [3.63, 3.8) is 0 Å². The summed E-state index contributed by atoms with van der Waals surface area (Å²) in [6.45, 7) is 6.31. The SMILES string of the molecule is C=C(C)CON=Cc1ccc2c(c1)OCO2. The zero-order valence-corrected chi connectivity index (χ0v) is 9.10. The minimum atomic E-state index is 0.280. The van der Waals surface area contributed by atoms with Crippen molar-refractivity contribution in [1.82, 2.24) is 0 Å². The summed E-state index contributed by atoms with van der Waals surface area (Å²) in [4.78, 5) is 5.02. The molecule has 4 heteroatoms. The van der Waals surface area contributed by atoms with Gasteiger partial charge in [-0.05, 0) is 30.7 Å². The van der Waals surface area contributed by atoms with Crippen LogP contribution in [0, 0.1) is 0 Å². The van der Waals surface area contributed by atoms with E-state index in [2.05, 4.69) is 11.7 Å². The van der Waals surface area contributed by atoms with Crippen molar-refractivity contribution in [3.8, 4) is 11.5 Å². The Morgan fingerprint density at radius 3 is 3.12 bits per heavy atom. The zero-order valence-electron chi connectivity index (χ0n) is 9.10. The Hall–Kier alpha value is -1.97. The third kappa shape index (κ3) is 2.53. The van der Waals surface area contributed by atoms with Crippen LogP contribution in [0.25, 0.3) is 0 Å². The third-order valence-corrected chi connectivity index (χ3v) is 1.98. The van der Waals surface area contributed by atoms with E-state index in [4.69, 9.17) is 14.3 Å². The monoisotopic (exact) mass is 219 g/mol. The lowest BCUT2D eigenvalue weighted by atomic mass is 10.2. The van der Waals surface area contributed by atoms with E-state index < -0.39 is 0 Å². The fourth-order valence-electron chi connectivity index (χ4n) is 1.24. The highest BCUT2D eigenvalue weighted by Crippen LogP contribution is 2.31. The Morgan fingerprint density at radius 1 is 1.50 bits per heavy atom. The van der Waals surface area contributed by atoms with E-state index in [1.54, 1.807) is 6.21 Å². The summed E-state index contributed by atoms with van der Waals surface area (Å²) in [5, 5.41) is 3.83. The van der Waals surface area contributed by atoms with Gasteiger partial charge in [0.25, 0.3) is 0 Å². The first-order valence-electron chi connectivity index (χ1n) is 4.95. The van der Waals surface area contributed by atoms with Crippen LogP contribution in [-0.2, 0) is 4.84 Å². The molecule has 4 nitrogen and oxygen atoms in total. The maximum absolute atomic E-state index is 5.24. The fraction of sp³-hybridized carbons (Fsp3) is 0.250. The molecule has 0 aliphatic carbocycles. The highest BCUT2D eigenvalue weighted by atomic mass is 16.7. The lowest BCUT2D eigenvalue weighted by Crippen LogP contribution is -1.93. The molecule has 1 aromatic carbocycles. The van der Waals surface area contributed by atoms with E-state index in [1.807, 2.05) is 25.1 Å². The summed E-state index contributed by atoms with van der Waals surface area (Å²) in [7, 11) is 0. The minimum Gasteiger partial charge on any atom is -0.454 e. The molecule has 0 atom stereocenters. The second-order valence-corrected chi connectivity index (χ2v) is 3.58. The standard InChI is InChI=1S/C12H13NO3/c1-9(2)7-16-13-6-10-3-4-11-12(5-10)15-8-14-11/h3-6H,1,7-8H2,2H3. The lowest BCUT2D eigenvalue weighted by Gasteiger charge is -1.98. The third-order valence-electron chi connectivity index (χ3n) is 1.98. The van der Waals surface area contributed by atoms with E-state index in [-0.39, 0.29) is 6.79 Å². The molecule has 1 aliphatic heterocycles. The van der Waals surface area contributed by atoms with Crippen molar-refractivity contribution in [3.05, 3.63) is 35.9 Å². The van der Waals surface area contributed by atoms with Gasteiger partial charge < -0.3 is 14.3 Å². The Bertz CT molecular complexity index is 426. The van der Waals surface area contributed by atoms with Crippen LogP contribution in [0.1, 0.15) is 12.5 Å². The molecule has 0 N–H and O–H groups in total. The van der Waals surface area contributed by atoms with Crippen LogP contribution in [0.15, 0.2) is 35.5 Å². The number of hydrogen-bond acceptors (Lipinski definition) is 4. The molecule has 0 radical (unpaired) electrons. The Balaban J connectivity index is 1.97. The number of nitrogens with zero attached hydrogens (tertiary/aromatic N) is 1. The van der Waals surface area contributed by atoms with Crippen molar-refractivity contribution in [2.45, 2.75) is 6.92 Å². The molecule has 1 heterocycles. The van der Waals surface area contributed by atoms with Gasteiger partial charge in [0.2, 0.25) is 6.79 Å². The summed E-state index contributed by atoms with van der Waals surface area (Å²) in [6, 6.07) is 5.60. The average molecular weight is 219 g/mol. The molecule has 0 spiro atoms. The second-order valence-electron chi connectivity index (χ2n) is 3.58. The van der Waals surface area contributed by atoms with Crippen molar-refractivity contribution < 1.29 is 14.3 Å². The highest BCUT2D eigenvalue weighted by Gasteiger charge is 2.12. The smallest absolute Gasteiger partial charge is 0.231 e. The van der Waals surface area contributed by atoms with Crippen LogP contribution < -0.4 is 9.47 Å². The van der Waals surface area contributed by atoms with Crippen molar-refractivity contribution in [1.29, 1.82) is 0 Å². The summed E-state index contributed by atoms with van der Waals surface area (Å²) >= 11 is 0. The van der Waals surface area contributed by atoms with Gasteiger partial charge in [-0.15, -0.1) is 0 Å². The summed E-state index contributed by atoms with van der Waals surface area (Å²) in [5.74, 6) is 1.50. The zero-order chi connectivity index (χ0) is 11.4. The van der Waals surface area contributed by atoms with Gasteiger partial charge in [-0.2, -0.15) is 0 Å². The molecule has 1 aromatic rings. The molecule has 0 saturated heterocycles. The van der Waals surface area contributed by atoms with Crippen LogP contribution >= 0.6 is 0 Å². The summed E-state index contributed by atoms with van der Waals surface area (Å²) in [5.41, 5.74) is 1.84. The molecule has 0 saturated carbocycles. The molecule has 0 fully saturated rings. The van der Waals surface area contributed by atoms with E-state index in [0.717, 1.165) is 22.6 Å². The van der Waals surface area contributed by atoms with Crippen LogP contribution in [0.2, 0.25) is 0 Å². The van der Waals surface area contributed by atoms with Gasteiger partial charge in [-0.3, -0.25) is 0 Å². The minimum absolute atomic E-state index is 0.280. The normalized spacial score (nSPS) is 13.1. The van der Waals surface area contributed by atoms with Crippen molar-refractivity contribution in [2.75, 3.05) is 13.4 Å². The quantitative estimate of drug-likeness (QED) is 0.443. The molecule has 84 valence electrons. The second kappa shape index (κ2) is 4.70. The van der Waals surface area contributed by atoms with E-state index in [0.29, 0.717) is 6.61 Å². The Morgan fingerprint density at radius 2 is 2.31 bits per heavy atom. The van der Waals surface area contributed by atoms with Gasteiger partial charge in [0.15, 0.2) is 11.5 Å². The van der Waals surface area contributed by atoms with E-state index in [9.17, 15) is 0 Å². The predicted molar refractivity (Wildman–Crippen MR) is 60.9 cm³/mol. The topological polar surface area (TPSA) is 40.0 Å². The maximum atomic E-state index is 5.24.